The van der Waals surface area contributed by atoms with Gasteiger partial charge in [0.1, 0.15) is 11.9 Å². The van der Waals surface area contributed by atoms with Crippen LogP contribution in [0.1, 0.15) is 32.8 Å². The molecule has 2 fully saturated rings. The van der Waals surface area contributed by atoms with Crippen LogP contribution in [0.15, 0.2) is 29.3 Å². The number of nitrogens with one attached hydrogen (secondary N) is 2. The van der Waals surface area contributed by atoms with Crippen LogP contribution in [0.4, 0.5) is 0 Å². The number of fused-ring (bicyclic) bond motifs is 2. The zero-order valence-corrected chi connectivity index (χ0v) is 15.4. The maximum atomic E-state index is 6.01. The molecule has 5 nitrogen and oxygen atoms in total. The molecular weight excluding hydrogens is 314 g/mol. The van der Waals surface area contributed by atoms with Gasteiger partial charge in [0.25, 0.3) is 0 Å². The molecule has 1 saturated carbocycles. The standard InChI is InChI=1S/C20H29N3O2/c1-4-21-19(23-17-15-9-10-24-18(15)20(17,2)3)22-12-14-11-13-7-5-6-8-16(13)25-14/h5-8,14-15,17-18H,4,9-12H2,1-3H3,(H2,21,22,23). The molecule has 4 atom stereocenters. The van der Waals surface area contributed by atoms with Crippen LogP contribution in [0.3, 0.4) is 0 Å². The largest absolute Gasteiger partial charge is 0.488 e. The maximum absolute atomic E-state index is 6.01. The third-order valence-corrected chi connectivity index (χ3v) is 5.90. The van der Waals surface area contributed by atoms with Gasteiger partial charge in [-0.2, -0.15) is 0 Å². The van der Waals surface area contributed by atoms with Gasteiger partial charge >= 0.3 is 0 Å². The van der Waals surface area contributed by atoms with Gasteiger partial charge in [-0.25, -0.2) is 4.99 Å². The molecule has 0 bridgehead atoms. The summed E-state index contributed by atoms with van der Waals surface area (Å²) < 4.78 is 11.9. The number of aliphatic imine (C=N–C) groups is 1. The predicted molar refractivity (Wildman–Crippen MR) is 99.1 cm³/mol. The van der Waals surface area contributed by atoms with Crippen molar-refractivity contribution in [2.24, 2.45) is 16.3 Å². The quantitative estimate of drug-likeness (QED) is 0.651. The van der Waals surface area contributed by atoms with Crippen molar-refractivity contribution in [2.75, 3.05) is 19.7 Å². The van der Waals surface area contributed by atoms with Gasteiger partial charge in [0.2, 0.25) is 0 Å². The molecule has 4 rings (SSSR count). The summed E-state index contributed by atoms with van der Waals surface area (Å²) in [7, 11) is 0. The van der Waals surface area contributed by atoms with Crippen LogP contribution < -0.4 is 15.4 Å². The Morgan fingerprint density at radius 1 is 1.32 bits per heavy atom. The highest BCUT2D eigenvalue weighted by molar-refractivity contribution is 5.80. The van der Waals surface area contributed by atoms with E-state index in [-0.39, 0.29) is 11.5 Å². The maximum Gasteiger partial charge on any atom is 0.191 e. The van der Waals surface area contributed by atoms with Gasteiger partial charge < -0.3 is 20.1 Å². The fourth-order valence-corrected chi connectivity index (χ4v) is 4.63. The normalized spacial score (nSPS) is 32.4. The first-order valence-electron chi connectivity index (χ1n) is 9.50. The Bertz CT molecular complexity index is 633. The average molecular weight is 343 g/mol. The summed E-state index contributed by atoms with van der Waals surface area (Å²) in [6.07, 6.45) is 2.60. The third-order valence-electron chi connectivity index (χ3n) is 5.90. The monoisotopic (exact) mass is 343 g/mol. The van der Waals surface area contributed by atoms with Crippen molar-refractivity contribution in [1.29, 1.82) is 0 Å². The fourth-order valence-electron chi connectivity index (χ4n) is 4.63. The first-order chi connectivity index (χ1) is 12.1. The summed E-state index contributed by atoms with van der Waals surface area (Å²) in [5, 5.41) is 7.05. The van der Waals surface area contributed by atoms with Gasteiger partial charge in [-0.15, -0.1) is 0 Å². The highest BCUT2D eigenvalue weighted by Gasteiger charge is 2.59. The minimum atomic E-state index is 0.129. The number of nitrogens with zero attached hydrogens (tertiary/aromatic N) is 1. The molecule has 25 heavy (non-hydrogen) atoms. The number of rotatable bonds is 4. The van der Waals surface area contributed by atoms with Gasteiger partial charge in [-0.05, 0) is 25.0 Å². The molecule has 4 unspecified atom stereocenters. The number of benzene rings is 1. The summed E-state index contributed by atoms with van der Waals surface area (Å²) >= 11 is 0. The van der Waals surface area contributed by atoms with Gasteiger partial charge in [0.05, 0.1) is 12.6 Å². The second kappa shape index (κ2) is 6.52. The van der Waals surface area contributed by atoms with E-state index < -0.39 is 0 Å². The van der Waals surface area contributed by atoms with Crippen molar-refractivity contribution < 1.29 is 9.47 Å². The second-order valence-corrected chi connectivity index (χ2v) is 7.96. The molecule has 0 amide bonds. The number of guanidine groups is 1. The lowest BCUT2D eigenvalue weighted by molar-refractivity contribution is -0.106. The molecule has 1 saturated heterocycles. The van der Waals surface area contributed by atoms with E-state index >= 15 is 0 Å². The minimum absolute atomic E-state index is 0.129. The van der Waals surface area contributed by atoms with Crippen LogP contribution in [0.25, 0.3) is 0 Å². The zero-order chi connectivity index (χ0) is 17.4. The SMILES string of the molecule is CCNC(=NCC1Cc2ccccc2O1)NC1C2CCOC2C1(C)C. The van der Waals surface area contributed by atoms with Crippen LogP contribution in [0.5, 0.6) is 5.75 Å². The highest BCUT2D eigenvalue weighted by Crippen LogP contribution is 2.52. The van der Waals surface area contributed by atoms with E-state index in [1.165, 1.54) is 5.56 Å². The Morgan fingerprint density at radius 3 is 2.96 bits per heavy atom. The minimum Gasteiger partial charge on any atom is -0.488 e. The van der Waals surface area contributed by atoms with Gasteiger partial charge in [0.15, 0.2) is 5.96 Å². The highest BCUT2D eigenvalue weighted by atomic mass is 16.5. The number of para-hydroxylation sites is 1. The molecule has 3 aliphatic rings. The molecule has 5 heteroatoms. The molecule has 1 aromatic carbocycles. The van der Waals surface area contributed by atoms with Crippen LogP contribution in [0, 0.1) is 11.3 Å². The molecule has 1 aliphatic carbocycles. The average Bonchev–Trinajstić information content (AvgIpc) is 3.22. The van der Waals surface area contributed by atoms with E-state index in [0.717, 1.165) is 37.7 Å². The van der Waals surface area contributed by atoms with E-state index in [4.69, 9.17) is 14.5 Å². The molecule has 2 N–H and O–H groups in total. The van der Waals surface area contributed by atoms with Crippen molar-refractivity contribution in [1.82, 2.24) is 10.6 Å². The van der Waals surface area contributed by atoms with Crippen molar-refractivity contribution in [3.05, 3.63) is 29.8 Å². The van der Waals surface area contributed by atoms with E-state index in [0.29, 0.717) is 24.6 Å². The third kappa shape index (κ3) is 2.99. The Kier molecular flexibility index (Phi) is 4.36. The summed E-state index contributed by atoms with van der Waals surface area (Å²) in [4.78, 5) is 4.81. The smallest absolute Gasteiger partial charge is 0.191 e. The van der Waals surface area contributed by atoms with Gasteiger partial charge in [-0.1, -0.05) is 32.0 Å². The summed E-state index contributed by atoms with van der Waals surface area (Å²) in [5.41, 5.74) is 1.43. The lowest BCUT2D eigenvalue weighted by Gasteiger charge is -2.54. The van der Waals surface area contributed by atoms with Gasteiger partial charge in [-0.3, -0.25) is 0 Å². The number of hydrogen-bond donors (Lipinski definition) is 2. The van der Waals surface area contributed by atoms with E-state index in [1.54, 1.807) is 0 Å². The fraction of sp³-hybridized carbons (Fsp3) is 0.650. The molecule has 0 spiro atoms. The van der Waals surface area contributed by atoms with Crippen molar-refractivity contribution in [3.8, 4) is 5.75 Å². The first-order valence-corrected chi connectivity index (χ1v) is 9.50. The van der Waals surface area contributed by atoms with Crippen LogP contribution in [0.2, 0.25) is 0 Å². The lowest BCUT2D eigenvalue weighted by Crippen LogP contribution is -2.68. The molecule has 2 heterocycles. The van der Waals surface area contributed by atoms with Crippen LogP contribution in [-0.2, 0) is 11.2 Å². The summed E-state index contributed by atoms with van der Waals surface area (Å²) in [6, 6.07) is 8.69. The van der Waals surface area contributed by atoms with Crippen molar-refractivity contribution >= 4 is 5.96 Å². The Hall–Kier alpha value is -1.75. The summed E-state index contributed by atoms with van der Waals surface area (Å²) in [6.45, 7) is 9.09. The molecule has 1 aromatic rings. The predicted octanol–water partition coefficient (Wildman–Crippen LogP) is 2.36. The van der Waals surface area contributed by atoms with Crippen molar-refractivity contribution in [2.45, 2.75) is 51.9 Å². The molecular formula is C20H29N3O2. The Balaban J connectivity index is 1.39. The van der Waals surface area contributed by atoms with Crippen molar-refractivity contribution in [3.63, 3.8) is 0 Å². The molecule has 136 valence electrons. The zero-order valence-electron chi connectivity index (χ0n) is 15.4. The van der Waals surface area contributed by atoms with E-state index in [9.17, 15) is 0 Å². The van der Waals surface area contributed by atoms with E-state index in [2.05, 4.69) is 43.5 Å². The molecule has 0 radical (unpaired) electrons. The number of hydrogen-bond acceptors (Lipinski definition) is 3. The van der Waals surface area contributed by atoms with E-state index in [1.807, 2.05) is 12.1 Å². The second-order valence-electron chi connectivity index (χ2n) is 7.96. The van der Waals surface area contributed by atoms with Gasteiger partial charge in [0, 0.05) is 36.9 Å². The molecule has 2 aliphatic heterocycles. The lowest BCUT2D eigenvalue weighted by atomic mass is 9.57. The Morgan fingerprint density at radius 2 is 2.16 bits per heavy atom. The molecule has 0 aromatic heterocycles. The first kappa shape index (κ1) is 16.7. The number of ether oxygens (including phenoxy) is 2. The van der Waals surface area contributed by atoms with Crippen LogP contribution >= 0.6 is 0 Å². The van der Waals surface area contributed by atoms with Crippen LogP contribution in [-0.4, -0.2) is 43.9 Å². The topological polar surface area (TPSA) is 54.9 Å². The Labute approximate surface area is 150 Å². The summed E-state index contributed by atoms with van der Waals surface area (Å²) in [5.74, 6) is 2.50.